The van der Waals surface area contributed by atoms with Crippen LogP contribution >= 0.6 is 24.2 Å². The second-order valence-electron chi connectivity index (χ2n) is 4.44. The van der Waals surface area contributed by atoms with E-state index in [0.29, 0.717) is 5.69 Å². The minimum absolute atomic E-state index is 0. The minimum atomic E-state index is -0.265. The lowest BCUT2D eigenvalue weighted by atomic mass is 10.2. The van der Waals surface area contributed by atoms with E-state index in [1.807, 2.05) is 12.3 Å². The van der Waals surface area contributed by atoms with Crippen molar-refractivity contribution in [1.29, 1.82) is 0 Å². The van der Waals surface area contributed by atoms with Crippen molar-refractivity contribution >= 4 is 35.7 Å². The fraction of sp³-hybridized carbons (Fsp3) is 0.286. The molecule has 1 heterocycles. The monoisotopic (exact) mass is 311 g/mol. The third kappa shape index (κ3) is 2.88. The normalized spacial score (nSPS) is 12.7. The molecular formula is C14H15ClFN3S. The summed E-state index contributed by atoms with van der Waals surface area (Å²) in [7, 11) is 0. The molecule has 1 aliphatic carbocycles. The number of fused-ring (bicyclic) bond motifs is 1. The molecule has 1 aliphatic rings. The number of nitrogens with one attached hydrogen (secondary N) is 1. The second-order valence-corrected chi connectivity index (χ2v) is 5.22. The molecule has 3 nitrogen and oxygen atoms in total. The molecule has 0 fully saturated rings. The van der Waals surface area contributed by atoms with Crippen molar-refractivity contribution in [3.63, 3.8) is 0 Å². The van der Waals surface area contributed by atoms with Gasteiger partial charge in [0.15, 0.2) is 5.16 Å². The van der Waals surface area contributed by atoms with Gasteiger partial charge in [-0.2, -0.15) is 0 Å². The highest BCUT2D eigenvalue weighted by Crippen LogP contribution is 2.30. The average Bonchev–Trinajstić information content (AvgIpc) is 2.89. The minimum Gasteiger partial charge on any atom is -0.337 e. The van der Waals surface area contributed by atoms with E-state index >= 15 is 0 Å². The highest BCUT2D eigenvalue weighted by atomic mass is 35.5. The van der Waals surface area contributed by atoms with E-state index in [0.717, 1.165) is 41.5 Å². The predicted molar refractivity (Wildman–Crippen MR) is 82.8 cm³/mol. The molecule has 106 valence electrons. The Labute approximate surface area is 127 Å². The first-order valence-corrected chi connectivity index (χ1v) is 7.45. The lowest BCUT2D eigenvalue weighted by Gasteiger charge is -2.11. The van der Waals surface area contributed by atoms with Gasteiger partial charge in [-0.3, -0.25) is 0 Å². The number of halogens is 2. The first-order valence-electron chi connectivity index (χ1n) is 6.23. The van der Waals surface area contributed by atoms with Crippen LogP contribution in [-0.2, 0) is 12.8 Å². The third-order valence-corrected chi connectivity index (χ3v) is 3.77. The molecule has 2 aromatic rings. The van der Waals surface area contributed by atoms with Gasteiger partial charge in [0.1, 0.15) is 11.6 Å². The lowest BCUT2D eigenvalue weighted by molar-refractivity contribution is 0.631. The van der Waals surface area contributed by atoms with Gasteiger partial charge in [0, 0.05) is 5.56 Å². The Morgan fingerprint density at radius 3 is 2.75 bits per heavy atom. The maximum atomic E-state index is 13.7. The number of para-hydroxylation sites is 1. The molecule has 0 unspecified atom stereocenters. The second kappa shape index (κ2) is 6.41. The summed E-state index contributed by atoms with van der Waals surface area (Å²) in [6.45, 7) is 0. The van der Waals surface area contributed by atoms with Gasteiger partial charge in [-0.25, -0.2) is 14.4 Å². The van der Waals surface area contributed by atoms with E-state index in [4.69, 9.17) is 0 Å². The molecule has 20 heavy (non-hydrogen) atoms. The highest BCUT2D eigenvalue weighted by molar-refractivity contribution is 7.98. The molecule has 0 spiro atoms. The van der Waals surface area contributed by atoms with Gasteiger partial charge in [-0.1, -0.05) is 23.9 Å². The standard InChI is InChI=1S/C14H14FN3S.ClH/c1-19-14-17-11-8-4-5-9(11)13(18-14)16-12-7-3-2-6-10(12)15;/h2-3,6-7H,4-5,8H2,1H3,(H,16,17,18);1H. The number of anilines is 2. The van der Waals surface area contributed by atoms with Crippen LogP contribution in [0.3, 0.4) is 0 Å². The molecular weight excluding hydrogens is 297 g/mol. The van der Waals surface area contributed by atoms with Gasteiger partial charge >= 0.3 is 0 Å². The highest BCUT2D eigenvalue weighted by Gasteiger charge is 2.19. The number of thioether (sulfide) groups is 1. The molecule has 0 radical (unpaired) electrons. The van der Waals surface area contributed by atoms with Crippen LogP contribution in [0.4, 0.5) is 15.9 Å². The van der Waals surface area contributed by atoms with Gasteiger partial charge < -0.3 is 5.32 Å². The Kier molecular flexibility index (Phi) is 4.83. The Morgan fingerprint density at radius 2 is 2.00 bits per heavy atom. The van der Waals surface area contributed by atoms with E-state index in [9.17, 15) is 4.39 Å². The van der Waals surface area contributed by atoms with E-state index in [2.05, 4.69) is 15.3 Å². The van der Waals surface area contributed by atoms with Crippen molar-refractivity contribution in [1.82, 2.24) is 9.97 Å². The van der Waals surface area contributed by atoms with Gasteiger partial charge in [0.25, 0.3) is 0 Å². The molecule has 0 amide bonds. The van der Waals surface area contributed by atoms with Crippen molar-refractivity contribution in [3.8, 4) is 0 Å². The zero-order valence-corrected chi connectivity index (χ0v) is 12.7. The van der Waals surface area contributed by atoms with E-state index in [-0.39, 0.29) is 18.2 Å². The Hall–Kier alpha value is -1.33. The third-order valence-electron chi connectivity index (χ3n) is 3.22. The number of nitrogens with zero attached hydrogens (tertiary/aromatic N) is 2. The number of aryl methyl sites for hydroxylation is 1. The van der Waals surface area contributed by atoms with Crippen LogP contribution in [0.25, 0.3) is 0 Å². The van der Waals surface area contributed by atoms with Crippen molar-refractivity contribution in [3.05, 3.63) is 41.3 Å². The van der Waals surface area contributed by atoms with Crippen LogP contribution in [0.15, 0.2) is 29.4 Å². The largest absolute Gasteiger partial charge is 0.337 e. The topological polar surface area (TPSA) is 37.8 Å². The number of hydrogen-bond acceptors (Lipinski definition) is 4. The maximum absolute atomic E-state index is 13.7. The van der Waals surface area contributed by atoms with Crippen molar-refractivity contribution in [2.75, 3.05) is 11.6 Å². The van der Waals surface area contributed by atoms with Crippen LogP contribution < -0.4 is 5.32 Å². The molecule has 1 aromatic carbocycles. The van der Waals surface area contributed by atoms with Crippen molar-refractivity contribution in [2.45, 2.75) is 24.4 Å². The van der Waals surface area contributed by atoms with Crippen LogP contribution in [-0.4, -0.2) is 16.2 Å². The zero-order chi connectivity index (χ0) is 13.2. The van der Waals surface area contributed by atoms with Crippen LogP contribution in [0.2, 0.25) is 0 Å². The van der Waals surface area contributed by atoms with Gasteiger partial charge in [-0.05, 0) is 37.7 Å². The van der Waals surface area contributed by atoms with Crippen molar-refractivity contribution in [2.24, 2.45) is 0 Å². The molecule has 0 aliphatic heterocycles. The SMILES string of the molecule is CSc1nc2c(c(Nc3ccccc3F)n1)CCC2.Cl. The van der Waals surface area contributed by atoms with Gasteiger partial charge in [-0.15, -0.1) is 12.4 Å². The Bertz CT molecular complexity index is 621. The summed E-state index contributed by atoms with van der Waals surface area (Å²) in [6.07, 6.45) is 4.98. The zero-order valence-electron chi connectivity index (χ0n) is 11.0. The van der Waals surface area contributed by atoms with Crippen molar-refractivity contribution < 1.29 is 4.39 Å². The number of hydrogen-bond donors (Lipinski definition) is 1. The number of aromatic nitrogens is 2. The lowest BCUT2D eigenvalue weighted by Crippen LogP contribution is -2.04. The van der Waals surface area contributed by atoms with E-state index in [1.54, 1.807) is 12.1 Å². The van der Waals surface area contributed by atoms with E-state index < -0.39 is 0 Å². The molecule has 0 saturated heterocycles. The molecule has 0 saturated carbocycles. The number of benzene rings is 1. The summed E-state index contributed by atoms with van der Waals surface area (Å²) in [5, 5.41) is 3.84. The van der Waals surface area contributed by atoms with E-state index in [1.165, 1.54) is 17.8 Å². The fourth-order valence-electron chi connectivity index (χ4n) is 2.29. The Balaban J connectivity index is 0.00000147. The summed E-state index contributed by atoms with van der Waals surface area (Å²) in [5.74, 6) is 0.482. The quantitative estimate of drug-likeness (QED) is 0.687. The smallest absolute Gasteiger partial charge is 0.189 e. The summed E-state index contributed by atoms with van der Waals surface area (Å²) < 4.78 is 13.7. The molecule has 3 rings (SSSR count). The van der Waals surface area contributed by atoms with Gasteiger partial charge in [0.05, 0.1) is 11.4 Å². The summed E-state index contributed by atoms with van der Waals surface area (Å²) in [6, 6.07) is 6.65. The maximum Gasteiger partial charge on any atom is 0.189 e. The fourth-order valence-corrected chi connectivity index (χ4v) is 2.68. The molecule has 6 heteroatoms. The van der Waals surface area contributed by atoms with Crippen LogP contribution in [0.5, 0.6) is 0 Å². The summed E-state index contributed by atoms with van der Waals surface area (Å²) in [4.78, 5) is 8.99. The first kappa shape index (κ1) is 15.1. The molecule has 1 aromatic heterocycles. The van der Waals surface area contributed by atoms with Crippen LogP contribution in [0, 0.1) is 5.82 Å². The molecule has 0 atom stereocenters. The van der Waals surface area contributed by atoms with Crippen LogP contribution in [0.1, 0.15) is 17.7 Å². The summed E-state index contributed by atoms with van der Waals surface area (Å²) in [5.41, 5.74) is 2.68. The molecule has 0 bridgehead atoms. The number of rotatable bonds is 3. The molecule has 1 N–H and O–H groups in total. The first-order chi connectivity index (χ1) is 9.28. The Morgan fingerprint density at radius 1 is 1.20 bits per heavy atom. The average molecular weight is 312 g/mol. The summed E-state index contributed by atoms with van der Waals surface area (Å²) >= 11 is 1.51. The predicted octanol–water partition coefficient (Wildman–Crippen LogP) is 3.99. The van der Waals surface area contributed by atoms with Gasteiger partial charge in [0.2, 0.25) is 0 Å².